The zero-order chi connectivity index (χ0) is 22.5. The summed E-state index contributed by atoms with van der Waals surface area (Å²) >= 11 is 6.16. The smallest absolute Gasteiger partial charge is 0.269 e. The molecule has 8 nitrogen and oxygen atoms in total. The van der Waals surface area contributed by atoms with E-state index in [9.17, 15) is 19.7 Å². The second kappa shape index (κ2) is 9.78. The summed E-state index contributed by atoms with van der Waals surface area (Å²) in [6, 6.07) is 11.2. The lowest BCUT2D eigenvalue weighted by molar-refractivity contribution is -0.384. The number of amides is 2. The topological polar surface area (TPSA) is 95.8 Å². The summed E-state index contributed by atoms with van der Waals surface area (Å²) in [6.07, 6.45) is 0.0839. The molecule has 1 heterocycles. The van der Waals surface area contributed by atoms with Crippen LogP contribution in [0.15, 0.2) is 42.5 Å². The fraction of sp³-hybridized carbons (Fsp3) is 0.364. The van der Waals surface area contributed by atoms with Gasteiger partial charge in [-0.15, -0.1) is 0 Å². The highest BCUT2D eigenvalue weighted by atomic mass is 35.5. The first-order valence-electron chi connectivity index (χ1n) is 10.1. The molecule has 0 radical (unpaired) electrons. The number of nitrogens with one attached hydrogen (secondary N) is 1. The Morgan fingerprint density at radius 3 is 2.32 bits per heavy atom. The number of halogens is 1. The SMILES string of the molecule is CC(C)C(=O)N1CCN(c2ccc(Cl)cc2NC(=O)Cc2ccc([N+](=O)[O-])cc2)CC1. The molecule has 0 saturated carbocycles. The number of anilines is 2. The molecule has 2 aromatic rings. The van der Waals surface area contributed by atoms with Crippen LogP contribution >= 0.6 is 11.6 Å². The standard InChI is InChI=1S/C22H25ClN4O4/c1-15(2)22(29)26-11-9-25(10-12-26)20-8-5-17(23)14-19(20)24-21(28)13-16-3-6-18(7-4-16)27(30)31/h3-8,14-15H,9-13H2,1-2H3,(H,24,28). The van der Waals surface area contributed by atoms with Crippen LogP contribution in [0.4, 0.5) is 17.1 Å². The molecular formula is C22H25ClN4O4. The third-order valence-corrected chi connectivity index (χ3v) is 5.41. The number of hydrogen-bond donors (Lipinski definition) is 1. The van der Waals surface area contributed by atoms with Gasteiger partial charge < -0.3 is 15.1 Å². The van der Waals surface area contributed by atoms with Crippen molar-refractivity contribution in [2.24, 2.45) is 5.92 Å². The first kappa shape index (κ1) is 22.6. The van der Waals surface area contributed by atoms with E-state index in [1.54, 1.807) is 24.3 Å². The van der Waals surface area contributed by atoms with Crippen LogP contribution in [-0.4, -0.2) is 47.8 Å². The van der Waals surface area contributed by atoms with Crippen LogP contribution in [-0.2, 0) is 16.0 Å². The fourth-order valence-corrected chi connectivity index (χ4v) is 3.70. The van der Waals surface area contributed by atoms with Crippen LogP contribution in [0.1, 0.15) is 19.4 Å². The Kier molecular flexibility index (Phi) is 7.12. The molecule has 0 aromatic heterocycles. The van der Waals surface area contributed by atoms with Crippen molar-refractivity contribution in [3.8, 4) is 0 Å². The van der Waals surface area contributed by atoms with E-state index in [4.69, 9.17) is 11.6 Å². The highest BCUT2D eigenvalue weighted by Crippen LogP contribution is 2.30. The summed E-state index contributed by atoms with van der Waals surface area (Å²) in [5.74, 6) is -0.130. The molecule has 1 aliphatic rings. The Balaban J connectivity index is 1.68. The second-order valence-corrected chi connectivity index (χ2v) is 8.21. The van der Waals surface area contributed by atoms with Gasteiger partial charge in [0.2, 0.25) is 11.8 Å². The Hall–Kier alpha value is -3.13. The van der Waals surface area contributed by atoms with Crippen molar-refractivity contribution < 1.29 is 14.5 Å². The van der Waals surface area contributed by atoms with E-state index in [0.717, 1.165) is 5.69 Å². The van der Waals surface area contributed by atoms with Crippen LogP contribution in [0.25, 0.3) is 0 Å². The molecule has 1 aliphatic heterocycles. The van der Waals surface area contributed by atoms with E-state index in [0.29, 0.717) is 42.5 Å². The van der Waals surface area contributed by atoms with Crippen molar-refractivity contribution in [2.45, 2.75) is 20.3 Å². The first-order valence-corrected chi connectivity index (χ1v) is 10.5. The van der Waals surface area contributed by atoms with Gasteiger partial charge in [-0.25, -0.2) is 0 Å². The quantitative estimate of drug-likeness (QED) is 0.541. The van der Waals surface area contributed by atoms with E-state index in [1.807, 2.05) is 24.8 Å². The Morgan fingerprint density at radius 2 is 1.74 bits per heavy atom. The lowest BCUT2D eigenvalue weighted by Crippen LogP contribution is -2.50. The van der Waals surface area contributed by atoms with Gasteiger partial charge >= 0.3 is 0 Å². The molecule has 0 aliphatic carbocycles. The van der Waals surface area contributed by atoms with Crippen molar-refractivity contribution in [3.63, 3.8) is 0 Å². The van der Waals surface area contributed by atoms with Crippen LogP contribution in [0.2, 0.25) is 5.02 Å². The molecule has 9 heteroatoms. The average Bonchev–Trinajstić information content (AvgIpc) is 2.74. The number of nitro groups is 1. The Bertz CT molecular complexity index is 970. The second-order valence-electron chi connectivity index (χ2n) is 7.78. The molecular weight excluding hydrogens is 420 g/mol. The summed E-state index contributed by atoms with van der Waals surface area (Å²) in [4.78, 5) is 39.1. The summed E-state index contributed by atoms with van der Waals surface area (Å²) < 4.78 is 0. The van der Waals surface area contributed by atoms with E-state index in [-0.39, 0.29) is 29.8 Å². The highest BCUT2D eigenvalue weighted by molar-refractivity contribution is 6.31. The van der Waals surface area contributed by atoms with Gasteiger partial charge in [0.25, 0.3) is 5.69 Å². The van der Waals surface area contributed by atoms with Gasteiger partial charge in [-0.05, 0) is 23.8 Å². The predicted octanol–water partition coefficient (Wildman–Crippen LogP) is 3.73. The monoisotopic (exact) mass is 444 g/mol. The molecule has 164 valence electrons. The molecule has 0 spiro atoms. The maximum Gasteiger partial charge on any atom is 0.269 e. The molecule has 1 N–H and O–H groups in total. The van der Waals surface area contributed by atoms with Crippen molar-refractivity contribution in [1.29, 1.82) is 0 Å². The molecule has 2 amide bonds. The van der Waals surface area contributed by atoms with Crippen LogP contribution in [0.5, 0.6) is 0 Å². The summed E-state index contributed by atoms with van der Waals surface area (Å²) in [6.45, 7) is 6.35. The largest absolute Gasteiger partial charge is 0.366 e. The number of rotatable bonds is 6. The number of nitro benzene ring substituents is 1. The molecule has 1 saturated heterocycles. The van der Waals surface area contributed by atoms with Gasteiger partial charge in [-0.3, -0.25) is 19.7 Å². The Labute approximate surface area is 185 Å². The fourth-order valence-electron chi connectivity index (χ4n) is 3.53. The van der Waals surface area contributed by atoms with E-state index < -0.39 is 4.92 Å². The van der Waals surface area contributed by atoms with Gasteiger partial charge in [-0.1, -0.05) is 37.6 Å². The lowest BCUT2D eigenvalue weighted by atomic mass is 10.1. The molecule has 3 rings (SSSR count). The highest BCUT2D eigenvalue weighted by Gasteiger charge is 2.24. The number of nitrogens with zero attached hydrogens (tertiary/aromatic N) is 3. The van der Waals surface area contributed by atoms with Crippen molar-refractivity contribution >= 4 is 40.5 Å². The van der Waals surface area contributed by atoms with Crippen molar-refractivity contribution in [3.05, 3.63) is 63.2 Å². The minimum absolute atomic E-state index is 0.0172. The molecule has 0 bridgehead atoms. The van der Waals surface area contributed by atoms with Gasteiger partial charge in [0, 0.05) is 49.3 Å². The van der Waals surface area contributed by atoms with Gasteiger partial charge in [-0.2, -0.15) is 0 Å². The minimum Gasteiger partial charge on any atom is -0.366 e. The van der Waals surface area contributed by atoms with Crippen LogP contribution in [0, 0.1) is 16.0 Å². The van der Waals surface area contributed by atoms with Crippen molar-refractivity contribution in [1.82, 2.24) is 4.90 Å². The number of carbonyl (C=O) groups is 2. The normalized spacial score (nSPS) is 13.9. The number of benzene rings is 2. The molecule has 2 aromatic carbocycles. The zero-order valence-electron chi connectivity index (χ0n) is 17.5. The number of piperazine rings is 1. The van der Waals surface area contributed by atoms with Gasteiger partial charge in [0.05, 0.1) is 22.7 Å². The Morgan fingerprint density at radius 1 is 1.10 bits per heavy atom. The maximum atomic E-state index is 12.6. The summed E-state index contributed by atoms with van der Waals surface area (Å²) in [5.41, 5.74) is 2.10. The molecule has 31 heavy (non-hydrogen) atoms. The molecule has 1 fully saturated rings. The third-order valence-electron chi connectivity index (χ3n) is 5.17. The summed E-state index contributed by atoms with van der Waals surface area (Å²) in [7, 11) is 0. The lowest BCUT2D eigenvalue weighted by Gasteiger charge is -2.37. The third kappa shape index (κ3) is 5.73. The molecule has 0 unspecified atom stereocenters. The van der Waals surface area contributed by atoms with Crippen molar-refractivity contribution in [2.75, 3.05) is 36.4 Å². The number of carbonyl (C=O) groups excluding carboxylic acids is 2. The first-order chi connectivity index (χ1) is 14.7. The minimum atomic E-state index is -0.476. The van der Waals surface area contributed by atoms with E-state index >= 15 is 0 Å². The summed E-state index contributed by atoms with van der Waals surface area (Å²) in [5, 5.41) is 14.2. The van der Waals surface area contributed by atoms with E-state index in [2.05, 4.69) is 10.2 Å². The van der Waals surface area contributed by atoms with E-state index in [1.165, 1.54) is 12.1 Å². The maximum absolute atomic E-state index is 12.6. The zero-order valence-corrected chi connectivity index (χ0v) is 18.3. The van der Waals surface area contributed by atoms with Gasteiger partial charge in [0.1, 0.15) is 0 Å². The number of non-ortho nitro benzene ring substituents is 1. The predicted molar refractivity (Wildman–Crippen MR) is 121 cm³/mol. The number of hydrogen-bond acceptors (Lipinski definition) is 5. The van der Waals surface area contributed by atoms with Crippen LogP contribution in [0.3, 0.4) is 0 Å². The van der Waals surface area contributed by atoms with Gasteiger partial charge in [0.15, 0.2) is 0 Å². The molecule has 0 atom stereocenters. The average molecular weight is 445 g/mol. The van der Waals surface area contributed by atoms with Crippen LogP contribution < -0.4 is 10.2 Å².